The Morgan fingerprint density at radius 3 is 1.64 bits per heavy atom. The van der Waals surface area contributed by atoms with Crippen molar-refractivity contribution in [2.75, 3.05) is 0 Å². The van der Waals surface area contributed by atoms with Gasteiger partial charge in [0.1, 0.15) is 5.60 Å². The second-order valence-electron chi connectivity index (χ2n) is 8.15. The number of benzene rings is 2. The van der Waals surface area contributed by atoms with Crippen molar-refractivity contribution >= 4 is 24.7 Å². The monoisotopic (exact) mass is 356 g/mol. The number of ether oxygens (including phenoxy) is 1. The maximum absolute atomic E-state index is 12.7. The second kappa shape index (κ2) is 7.14. The van der Waals surface area contributed by atoms with E-state index in [-0.39, 0.29) is 5.97 Å². The third-order valence-corrected chi connectivity index (χ3v) is 8.12. The lowest BCUT2D eigenvalue weighted by molar-refractivity contribution is -0.164. The molecule has 0 saturated heterocycles. The zero-order valence-corrected chi connectivity index (χ0v) is 16.7. The fourth-order valence-corrected chi connectivity index (χ4v) is 6.58. The molecule has 0 spiro atoms. The number of carbonyl (C=O) groups excluding carboxylic acids is 1. The average molecular weight is 357 g/mol. The van der Waals surface area contributed by atoms with Crippen LogP contribution in [0.15, 0.2) is 60.7 Å². The second-order valence-corrected chi connectivity index (χ2v) is 11.4. The first kappa shape index (κ1) is 19.4. The summed E-state index contributed by atoms with van der Waals surface area (Å²) < 4.78 is 5.59. The van der Waals surface area contributed by atoms with Gasteiger partial charge in [0.2, 0.25) is 0 Å². The summed E-state index contributed by atoms with van der Waals surface area (Å²) in [6.07, 6.45) is 0. The van der Waals surface area contributed by atoms with Crippen LogP contribution in [0.25, 0.3) is 0 Å². The highest BCUT2D eigenvalue weighted by Gasteiger charge is 2.45. The van der Waals surface area contributed by atoms with E-state index in [2.05, 4.69) is 0 Å². The van der Waals surface area contributed by atoms with Crippen molar-refractivity contribution in [3.05, 3.63) is 60.7 Å². The normalized spacial score (nSPS) is 12.7. The van der Waals surface area contributed by atoms with E-state index in [1.807, 2.05) is 95.3 Å². The highest BCUT2D eigenvalue weighted by Crippen LogP contribution is 2.30. The van der Waals surface area contributed by atoms with Crippen molar-refractivity contribution < 1.29 is 14.3 Å². The van der Waals surface area contributed by atoms with Crippen molar-refractivity contribution in [3.8, 4) is 0 Å². The Balaban J connectivity index is 2.42. The molecular weight excluding hydrogens is 328 g/mol. The Kier molecular flexibility index (Phi) is 5.54. The number of esters is 1. The van der Waals surface area contributed by atoms with Crippen LogP contribution in [-0.4, -0.2) is 24.7 Å². The summed E-state index contributed by atoms with van der Waals surface area (Å²) in [5, 5.41) is 1.80. The van der Waals surface area contributed by atoms with Crippen LogP contribution in [0.5, 0.6) is 0 Å². The van der Waals surface area contributed by atoms with Gasteiger partial charge in [-0.25, -0.2) is 0 Å². The molecule has 134 valence electrons. The van der Waals surface area contributed by atoms with Gasteiger partial charge in [-0.3, -0.25) is 4.79 Å². The molecule has 2 aromatic rings. The van der Waals surface area contributed by atoms with Gasteiger partial charge in [-0.05, 0) is 51.0 Å². The minimum Gasteiger partial charge on any atom is -0.460 e. The molecule has 0 bridgehead atoms. The minimum atomic E-state index is -3.08. The Hall–Kier alpha value is -1.91. The molecule has 0 saturated carbocycles. The van der Waals surface area contributed by atoms with Gasteiger partial charge in [0.25, 0.3) is 8.32 Å². The number of hydrogen-bond acceptors (Lipinski definition) is 3. The number of hydrogen-bond donors (Lipinski definition) is 1. The summed E-state index contributed by atoms with van der Waals surface area (Å²) in [5.41, 5.74) is -1.34. The van der Waals surface area contributed by atoms with Gasteiger partial charge in [-0.1, -0.05) is 60.7 Å². The summed E-state index contributed by atoms with van der Waals surface area (Å²) in [6.45, 7) is 9.28. The Morgan fingerprint density at radius 1 is 0.880 bits per heavy atom. The Bertz CT molecular complexity index is 663. The topological polar surface area (TPSA) is 46.5 Å². The third kappa shape index (κ3) is 4.80. The zero-order chi connectivity index (χ0) is 18.7. The minimum absolute atomic E-state index is 0.280. The van der Waals surface area contributed by atoms with Crippen LogP contribution in [0, 0.1) is 5.41 Å². The van der Waals surface area contributed by atoms with E-state index < -0.39 is 19.3 Å². The lowest BCUT2D eigenvalue weighted by Crippen LogP contribution is -2.61. The van der Waals surface area contributed by atoms with E-state index in [1.54, 1.807) is 0 Å². The van der Waals surface area contributed by atoms with Crippen molar-refractivity contribution in [1.82, 2.24) is 0 Å². The third-order valence-electron chi connectivity index (χ3n) is 4.15. The van der Waals surface area contributed by atoms with Gasteiger partial charge in [-0.2, -0.15) is 0 Å². The van der Waals surface area contributed by atoms with E-state index in [4.69, 9.17) is 4.74 Å². The predicted molar refractivity (Wildman–Crippen MR) is 105 cm³/mol. The molecule has 3 nitrogen and oxygen atoms in total. The van der Waals surface area contributed by atoms with Crippen LogP contribution in [0.1, 0.15) is 34.6 Å². The molecule has 25 heavy (non-hydrogen) atoms. The van der Waals surface area contributed by atoms with E-state index in [1.165, 1.54) is 0 Å². The summed E-state index contributed by atoms with van der Waals surface area (Å²) in [6, 6.07) is 19.7. The molecule has 0 heterocycles. The molecule has 0 aromatic heterocycles. The first-order valence-electron chi connectivity index (χ1n) is 8.61. The highest BCUT2D eigenvalue weighted by molar-refractivity contribution is 6.96. The van der Waals surface area contributed by atoms with Crippen LogP contribution in [-0.2, 0) is 9.53 Å². The number of rotatable bonds is 5. The largest absolute Gasteiger partial charge is 0.460 e. The summed E-state index contributed by atoms with van der Waals surface area (Å²) in [5.74, 6) is -0.280. The molecule has 1 N–H and O–H groups in total. The molecule has 0 aliphatic rings. The fourth-order valence-electron chi connectivity index (χ4n) is 2.93. The van der Waals surface area contributed by atoms with E-state index in [0.717, 1.165) is 10.4 Å². The maximum Gasteiger partial charge on any atom is 0.311 e. The molecular formula is C21H28O3Si. The van der Waals surface area contributed by atoms with Crippen molar-refractivity contribution in [2.24, 2.45) is 5.41 Å². The lowest BCUT2D eigenvalue weighted by atomic mass is 9.96. The van der Waals surface area contributed by atoms with Crippen LogP contribution in [0.2, 0.25) is 6.04 Å². The summed E-state index contributed by atoms with van der Waals surface area (Å²) in [7, 11) is -3.08. The van der Waals surface area contributed by atoms with Gasteiger partial charge >= 0.3 is 5.97 Å². The van der Waals surface area contributed by atoms with Crippen LogP contribution in [0.3, 0.4) is 0 Å². The van der Waals surface area contributed by atoms with Gasteiger partial charge in [0.15, 0.2) is 0 Å². The molecule has 0 aliphatic heterocycles. The van der Waals surface area contributed by atoms with Gasteiger partial charge in [0.05, 0.1) is 5.41 Å². The molecule has 4 heteroatoms. The SMILES string of the molecule is CC(C)(C)OC(=O)C(C)(C)C[Si](O)(c1ccccc1)c1ccccc1. The molecule has 0 amide bonds. The smallest absolute Gasteiger partial charge is 0.311 e. The number of carbonyl (C=O) groups is 1. The van der Waals surface area contributed by atoms with Crippen molar-refractivity contribution in [2.45, 2.75) is 46.3 Å². The molecule has 2 aromatic carbocycles. The first-order valence-corrected chi connectivity index (χ1v) is 10.8. The zero-order valence-electron chi connectivity index (χ0n) is 15.7. The van der Waals surface area contributed by atoms with Crippen molar-refractivity contribution in [3.63, 3.8) is 0 Å². The van der Waals surface area contributed by atoms with Gasteiger partial charge < -0.3 is 9.53 Å². The average Bonchev–Trinajstić information content (AvgIpc) is 2.54. The lowest BCUT2D eigenvalue weighted by Gasteiger charge is -2.35. The predicted octanol–water partition coefficient (Wildman–Crippen LogP) is 3.11. The molecule has 0 atom stereocenters. The van der Waals surface area contributed by atoms with E-state index in [0.29, 0.717) is 6.04 Å². The quantitative estimate of drug-likeness (QED) is 0.661. The Morgan fingerprint density at radius 2 is 1.28 bits per heavy atom. The fraction of sp³-hybridized carbons (Fsp3) is 0.381. The molecule has 2 rings (SSSR count). The van der Waals surface area contributed by atoms with Crippen LogP contribution >= 0.6 is 0 Å². The van der Waals surface area contributed by atoms with E-state index in [9.17, 15) is 9.59 Å². The molecule has 0 unspecified atom stereocenters. The van der Waals surface area contributed by atoms with Gasteiger partial charge in [-0.15, -0.1) is 0 Å². The van der Waals surface area contributed by atoms with Crippen molar-refractivity contribution in [1.29, 1.82) is 0 Å². The summed E-state index contributed by atoms with van der Waals surface area (Å²) in [4.78, 5) is 24.5. The first-order chi connectivity index (χ1) is 11.5. The summed E-state index contributed by atoms with van der Waals surface area (Å²) >= 11 is 0. The van der Waals surface area contributed by atoms with Gasteiger partial charge in [0, 0.05) is 0 Å². The van der Waals surface area contributed by atoms with E-state index >= 15 is 0 Å². The maximum atomic E-state index is 12.7. The molecule has 0 aliphatic carbocycles. The Labute approximate surface area is 151 Å². The standard InChI is InChI=1S/C21H28O3Si/c1-20(2,3)24-19(22)21(4,5)16-25(23,17-12-8-6-9-13-17)18-14-10-7-11-15-18/h6-15,23H,16H2,1-5H3. The molecule has 0 radical (unpaired) electrons. The van der Waals surface area contributed by atoms with Crippen LogP contribution < -0.4 is 10.4 Å². The van der Waals surface area contributed by atoms with Crippen LogP contribution in [0.4, 0.5) is 0 Å². The molecule has 0 fully saturated rings. The highest BCUT2D eigenvalue weighted by atomic mass is 28.4.